The number of carbonyl (C=O) groups is 2. The number of hydrogen-bond acceptors (Lipinski definition) is 6. The van der Waals surface area contributed by atoms with Gasteiger partial charge in [0, 0.05) is 12.1 Å². The highest BCUT2D eigenvalue weighted by Gasteiger charge is 2.23. The maximum absolute atomic E-state index is 11.8. The van der Waals surface area contributed by atoms with Crippen LogP contribution in [0.4, 0.5) is 5.00 Å². The van der Waals surface area contributed by atoms with Gasteiger partial charge in [0.2, 0.25) is 0 Å². The van der Waals surface area contributed by atoms with E-state index in [9.17, 15) is 19.7 Å². The first-order valence-corrected chi connectivity index (χ1v) is 7.99. The van der Waals surface area contributed by atoms with E-state index in [1.165, 1.54) is 18.6 Å². The second-order valence-electron chi connectivity index (χ2n) is 5.41. The summed E-state index contributed by atoms with van der Waals surface area (Å²) >= 11 is 0.731. The van der Waals surface area contributed by atoms with E-state index in [1.54, 1.807) is 0 Å². The molecular weight excluding hydrogens is 308 g/mol. The second kappa shape index (κ2) is 7.35. The fourth-order valence-electron chi connectivity index (χ4n) is 2.52. The Bertz CT molecular complexity index is 571. The van der Waals surface area contributed by atoms with E-state index < -0.39 is 10.9 Å². The zero-order valence-corrected chi connectivity index (χ0v) is 13.1. The lowest BCUT2D eigenvalue weighted by Crippen LogP contribution is -2.42. The zero-order valence-electron chi connectivity index (χ0n) is 12.2. The van der Waals surface area contributed by atoms with E-state index in [2.05, 4.69) is 12.2 Å². The van der Waals surface area contributed by atoms with Crippen LogP contribution in [-0.4, -0.2) is 29.4 Å². The number of nitrogens with zero attached hydrogens (tertiary/aromatic N) is 1. The van der Waals surface area contributed by atoms with Crippen LogP contribution in [0.1, 0.15) is 42.3 Å². The van der Waals surface area contributed by atoms with Crippen molar-refractivity contribution < 1.29 is 19.2 Å². The van der Waals surface area contributed by atoms with Crippen LogP contribution >= 0.6 is 11.3 Å². The lowest BCUT2D eigenvalue weighted by Gasteiger charge is -2.29. The number of esters is 1. The van der Waals surface area contributed by atoms with Crippen LogP contribution in [0.5, 0.6) is 0 Å². The Kier molecular flexibility index (Phi) is 5.48. The number of amides is 1. The molecule has 1 aromatic heterocycles. The van der Waals surface area contributed by atoms with E-state index >= 15 is 0 Å². The number of ether oxygens (including phenoxy) is 1. The minimum Gasteiger partial charge on any atom is -0.451 e. The first-order valence-electron chi connectivity index (χ1n) is 7.18. The van der Waals surface area contributed by atoms with Gasteiger partial charge in [-0.15, -0.1) is 0 Å². The van der Waals surface area contributed by atoms with Crippen LogP contribution in [-0.2, 0) is 9.53 Å². The average molecular weight is 326 g/mol. The number of thiophene rings is 1. The molecule has 1 amide bonds. The molecule has 0 radical (unpaired) electrons. The molecule has 0 bridgehead atoms. The van der Waals surface area contributed by atoms with E-state index in [-0.39, 0.29) is 28.4 Å². The Morgan fingerprint density at radius 2 is 2.14 bits per heavy atom. The number of rotatable bonds is 5. The third-order valence-corrected chi connectivity index (χ3v) is 4.78. The largest absolute Gasteiger partial charge is 0.451 e. The van der Waals surface area contributed by atoms with E-state index in [0.29, 0.717) is 5.92 Å². The highest BCUT2D eigenvalue weighted by Crippen LogP contribution is 2.25. The van der Waals surface area contributed by atoms with Gasteiger partial charge in [0.15, 0.2) is 6.61 Å². The van der Waals surface area contributed by atoms with Crippen molar-refractivity contribution in [2.24, 2.45) is 5.92 Å². The predicted octanol–water partition coefficient (Wildman–Crippen LogP) is 2.51. The summed E-state index contributed by atoms with van der Waals surface area (Å²) in [6.07, 6.45) is 4.30. The molecule has 1 N–H and O–H groups in total. The third-order valence-electron chi connectivity index (χ3n) is 3.77. The van der Waals surface area contributed by atoms with Crippen molar-refractivity contribution in [3.05, 3.63) is 27.1 Å². The number of nitro groups is 1. The second-order valence-corrected chi connectivity index (χ2v) is 6.47. The highest BCUT2D eigenvalue weighted by atomic mass is 32.1. The van der Waals surface area contributed by atoms with Gasteiger partial charge in [-0.1, -0.05) is 31.1 Å². The van der Waals surface area contributed by atoms with Crippen molar-refractivity contribution in [1.82, 2.24) is 5.32 Å². The fourth-order valence-corrected chi connectivity index (χ4v) is 3.23. The Balaban J connectivity index is 1.79. The van der Waals surface area contributed by atoms with Crippen LogP contribution in [0.2, 0.25) is 0 Å². The molecule has 7 nitrogen and oxygen atoms in total. The average Bonchev–Trinajstić information content (AvgIpc) is 2.97. The summed E-state index contributed by atoms with van der Waals surface area (Å²) in [5.41, 5.74) is 0. The molecule has 1 saturated carbocycles. The van der Waals surface area contributed by atoms with Crippen molar-refractivity contribution in [2.75, 3.05) is 6.61 Å². The summed E-state index contributed by atoms with van der Waals surface area (Å²) < 4.78 is 4.90. The smallest absolute Gasteiger partial charge is 0.349 e. The minimum atomic E-state index is -0.718. The van der Waals surface area contributed by atoms with Crippen molar-refractivity contribution in [3.8, 4) is 0 Å². The van der Waals surface area contributed by atoms with Gasteiger partial charge in [-0.05, 0) is 24.8 Å². The van der Waals surface area contributed by atoms with Crippen molar-refractivity contribution >= 4 is 28.2 Å². The molecule has 2 atom stereocenters. The number of hydrogen-bond donors (Lipinski definition) is 1. The first-order chi connectivity index (χ1) is 10.5. The molecule has 1 aliphatic rings. The topological polar surface area (TPSA) is 98.5 Å². The van der Waals surface area contributed by atoms with Gasteiger partial charge in [-0.3, -0.25) is 14.9 Å². The SMILES string of the molecule is C[C@H]1CCCC[C@@H]1NC(=O)COC(=O)c1ccc([N+](=O)[O-])s1. The third kappa shape index (κ3) is 4.27. The van der Waals surface area contributed by atoms with Gasteiger partial charge in [0.05, 0.1) is 4.92 Å². The van der Waals surface area contributed by atoms with E-state index in [4.69, 9.17) is 4.74 Å². The quantitative estimate of drug-likeness (QED) is 0.509. The van der Waals surface area contributed by atoms with Crippen LogP contribution in [0.3, 0.4) is 0 Å². The Labute approximate surface area is 131 Å². The van der Waals surface area contributed by atoms with Gasteiger partial charge in [-0.25, -0.2) is 4.79 Å². The molecule has 22 heavy (non-hydrogen) atoms. The molecule has 0 aliphatic heterocycles. The van der Waals surface area contributed by atoms with Crippen LogP contribution in [0.25, 0.3) is 0 Å². The molecule has 1 aromatic rings. The normalized spacial score (nSPS) is 21.1. The molecule has 1 fully saturated rings. The Morgan fingerprint density at radius 1 is 1.41 bits per heavy atom. The molecule has 1 heterocycles. The Hall–Kier alpha value is -1.96. The van der Waals surface area contributed by atoms with Crippen molar-refractivity contribution in [3.63, 3.8) is 0 Å². The van der Waals surface area contributed by atoms with Gasteiger partial charge < -0.3 is 10.1 Å². The Morgan fingerprint density at radius 3 is 2.77 bits per heavy atom. The standard InChI is InChI=1S/C14H18N2O5S/c1-9-4-2-3-5-10(9)15-12(17)8-21-14(18)11-6-7-13(22-11)16(19)20/h6-7,9-10H,2-5,8H2,1H3,(H,15,17)/t9-,10-/m0/s1. The molecule has 1 aliphatic carbocycles. The summed E-state index contributed by atoms with van der Waals surface area (Å²) in [4.78, 5) is 33.6. The number of nitrogens with one attached hydrogen (secondary N) is 1. The fraction of sp³-hybridized carbons (Fsp3) is 0.571. The summed E-state index contributed by atoms with van der Waals surface area (Å²) in [5, 5.41) is 13.3. The van der Waals surface area contributed by atoms with E-state index in [0.717, 1.165) is 30.6 Å². The maximum Gasteiger partial charge on any atom is 0.349 e. The van der Waals surface area contributed by atoms with Crippen LogP contribution < -0.4 is 5.32 Å². The highest BCUT2D eigenvalue weighted by molar-refractivity contribution is 7.17. The zero-order chi connectivity index (χ0) is 16.1. The number of carbonyl (C=O) groups excluding carboxylic acids is 2. The summed E-state index contributed by atoms with van der Waals surface area (Å²) in [6.45, 7) is 1.73. The predicted molar refractivity (Wildman–Crippen MR) is 80.8 cm³/mol. The summed E-state index contributed by atoms with van der Waals surface area (Å²) in [7, 11) is 0. The van der Waals surface area contributed by atoms with E-state index in [1.807, 2.05) is 0 Å². The first kappa shape index (κ1) is 16.4. The monoisotopic (exact) mass is 326 g/mol. The van der Waals surface area contributed by atoms with Gasteiger partial charge in [0.25, 0.3) is 5.91 Å². The molecule has 2 rings (SSSR count). The lowest BCUT2D eigenvalue weighted by molar-refractivity contribution is -0.380. The molecule has 0 saturated heterocycles. The molecule has 0 unspecified atom stereocenters. The van der Waals surface area contributed by atoms with Crippen LogP contribution in [0.15, 0.2) is 12.1 Å². The molecule has 120 valence electrons. The van der Waals surface area contributed by atoms with Gasteiger partial charge in [-0.2, -0.15) is 0 Å². The lowest BCUT2D eigenvalue weighted by atomic mass is 9.86. The van der Waals surface area contributed by atoms with Crippen LogP contribution in [0, 0.1) is 16.0 Å². The molecular formula is C14H18N2O5S. The van der Waals surface area contributed by atoms with Crippen molar-refractivity contribution in [1.29, 1.82) is 0 Å². The molecule has 0 aromatic carbocycles. The summed E-state index contributed by atoms with van der Waals surface area (Å²) in [5.74, 6) is -0.628. The van der Waals surface area contributed by atoms with Gasteiger partial charge >= 0.3 is 11.0 Å². The minimum absolute atomic E-state index is 0.116. The summed E-state index contributed by atoms with van der Waals surface area (Å²) in [6, 6.07) is 2.69. The maximum atomic E-state index is 11.8. The molecule has 8 heteroatoms. The van der Waals surface area contributed by atoms with Crippen molar-refractivity contribution in [2.45, 2.75) is 38.6 Å². The molecule has 0 spiro atoms. The van der Waals surface area contributed by atoms with Gasteiger partial charge in [0.1, 0.15) is 4.88 Å².